The van der Waals surface area contributed by atoms with E-state index in [0.717, 1.165) is 6.42 Å². The number of nitrogens with zero attached hydrogens (tertiary/aromatic N) is 1. The number of hydrogen-bond donors (Lipinski definition) is 0. The first-order valence-electron chi connectivity index (χ1n) is 4.17. The van der Waals surface area contributed by atoms with E-state index in [1.165, 1.54) is 0 Å². The molecular weight excluding hydrogens is 138 g/mol. The van der Waals surface area contributed by atoms with E-state index in [9.17, 15) is 0 Å². The number of hydrogen-bond acceptors (Lipinski definition) is 2. The second kappa shape index (κ2) is 3.37. The molecule has 0 aliphatic carbocycles. The predicted octanol–water partition coefficient (Wildman–Crippen LogP) is 1.83. The molecule has 1 saturated heterocycles. The Kier molecular flexibility index (Phi) is 2.68. The van der Waals surface area contributed by atoms with E-state index >= 15 is 0 Å². The fourth-order valence-electron chi connectivity index (χ4n) is 1.47. The lowest BCUT2D eigenvalue weighted by atomic mass is 9.96. The Hall–Kier alpha value is -0.340. The van der Waals surface area contributed by atoms with Gasteiger partial charge in [-0.2, -0.15) is 5.06 Å². The van der Waals surface area contributed by atoms with E-state index in [1.807, 2.05) is 18.2 Å². The minimum absolute atomic E-state index is 0.340. The van der Waals surface area contributed by atoms with Crippen LogP contribution in [0.2, 0.25) is 0 Å². The van der Waals surface area contributed by atoms with Crippen molar-refractivity contribution in [2.75, 3.05) is 7.05 Å². The lowest BCUT2D eigenvalue weighted by Gasteiger charge is -2.13. The third-order valence-electron chi connectivity index (χ3n) is 2.62. The first-order chi connectivity index (χ1) is 5.16. The molecule has 0 amide bonds. The highest BCUT2D eigenvalue weighted by Gasteiger charge is 2.34. The molecule has 1 aliphatic heterocycles. The zero-order valence-electron chi connectivity index (χ0n) is 7.58. The molecule has 2 nitrogen and oxygen atoms in total. The first-order valence-corrected chi connectivity index (χ1v) is 4.17. The van der Waals surface area contributed by atoms with Crippen LogP contribution in [-0.4, -0.2) is 24.3 Å². The predicted molar refractivity (Wildman–Crippen MR) is 46.1 cm³/mol. The molecule has 1 fully saturated rings. The maximum atomic E-state index is 5.59. The van der Waals surface area contributed by atoms with Crippen LogP contribution in [0.5, 0.6) is 0 Å². The van der Waals surface area contributed by atoms with Crippen LogP contribution in [-0.2, 0) is 4.84 Å². The van der Waals surface area contributed by atoms with Crippen molar-refractivity contribution in [1.82, 2.24) is 5.06 Å². The highest BCUT2D eigenvalue weighted by Crippen LogP contribution is 2.27. The smallest absolute Gasteiger partial charge is 0.0868 e. The summed E-state index contributed by atoms with van der Waals surface area (Å²) >= 11 is 0. The normalized spacial score (nSPS) is 39.4. The van der Waals surface area contributed by atoms with E-state index in [2.05, 4.69) is 20.4 Å². The van der Waals surface area contributed by atoms with Crippen LogP contribution in [0.1, 0.15) is 20.3 Å². The molecule has 0 N–H and O–H groups in total. The molecule has 0 aromatic rings. The van der Waals surface area contributed by atoms with Crippen molar-refractivity contribution in [2.24, 2.45) is 5.92 Å². The van der Waals surface area contributed by atoms with Crippen molar-refractivity contribution in [3.63, 3.8) is 0 Å². The monoisotopic (exact) mass is 155 g/mol. The van der Waals surface area contributed by atoms with Crippen molar-refractivity contribution in [3.05, 3.63) is 12.7 Å². The fraction of sp³-hybridized carbons (Fsp3) is 0.778. The van der Waals surface area contributed by atoms with Crippen LogP contribution in [0.4, 0.5) is 0 Å². The lowest BCUT2D eigenvalue weighted by Crippen LogP contribution is -2.23. The van der Waals surface area contributed by atoms with Crippen LogP contribution >= 0.6 is 0 Å². The fourth-order valence-corrected chi connectivity index (χ4v) is 1.47. The molecule has 0 spiro atoms. The Labute approximate surface area is 68.8 Å². The van der Waals surface area contributed by atoms with Gasteiger partial charge in [-0.15, -0.1) is 6.58 Å². The summed E-state index contributed by atoms with van der Waals surface area (Å²) in [6, 6.07) is 0.528. The number of hydroxylamine groups is 2. The summed E-state index contributed by atoms with van der Waals surface area (Å²) in [4.78, 5) is 5.59. The van der Waals surface area contributed by atoms with Gasteiger partial charge in [0.1, 0.15) is 0 Å². The standard InChI is InChI=1S/C9H17NO/c1-5-6-9-7(2)8(3)10(4)11-9/h5,7-9H,1,6H2,2-4H3/t7-,8-,9?/m0/s1. The maximum Gasteiger partial charge on any atom is 0.0868 e. The molecule has 64 valence electrons. The van der Waals surface area contributed by atoms with Gasteiger partial charge in [0.05, 0.1) is 6.10 Å². The van der Waals surface area contributed by atoms with Gasteiger partial charge in [-0.05, 0) is 13.3 Å². The quantitative estimate of drug-likeness (QED) is 0.564. The van der Waals surface area contributed by atoms with Gasteiger partial charge in [0, 0.05) is 19.0 Å². The molecule has 1 aliphatic rings. The minimum Gasteiger partial charge on any atom is -0.295 e. The van der Waals surface area contributed by atoms with E-state index in [-0.39, 0.29) is 0 Å². The molecule has 11 heavy (non-hydrogen) atoms. The zero-order valence-corrected chi connectivity index (χ0v) is 7.58. The van der Waals surface area contributed by atoms with Crippen LogP contribution in [0, 0.1) is 5.92 Å². The summed E-state index contributed by atoms with van der Waals surface area (Å²) in [6.07, 6.45) is 3.22. The van der Waals surface area contributed by atoms with Crippen molar-refractivity contribution in [2.45, 2.75) is 32.4 Å². The molecule has 1 heterocycles. The Morgan fingerprint density at radius 3 is 2.55 bits per heavy atom. The molecule has 3 atom stereocenters. The SMILES string of the molecule is C=CCC1ON(C)[C@@H](C)[C@@H]1C. The van der Waals surface area contributed by atoms with Gasteiger partial charge in [-0.25, -0.2) is 0 Å². The molecule has 1 unspecified atom stereocenters. The molecule has 0 bridgehead atoms. The van der Waals surface area contributed by atoms with Crippen molar-refractivity contribution in [3.8, 4) is 0 Å². The van der Waals surface area contributed by atoms with Gasteiger partial charge in [0.15, 0.2) is 0 Å². The third kappa shape index (κ3) is 1.63. The first kappa shape index (κ1) is 8.75. The Morgan fingerprint density at radius 1 is 1.55 bits per heavy atom. The average molecular weight is 155 g/mol. The Balaban J connectivity index is 2.51. The second-order valence-corrected chi connectivity index (χ2v) is 3.31. The molecule has 0 aromatic heterocycles. The second-order valence-electron chi connectivity index (χ2n) is 3.31. The highest BCUT2D eigenvalue weighted by atomic mass is 16.7. The summed E-state index contributed by atoms with van der Waals surface area (Å²) in [5.74, 6) is 0.609. The highest BCUT2D eigenvalue weighted by molar-refractivity contribution is 4.85. The summed E-state index contributed by atoms with van der Waals surface area (Å²) in [7, 11) is 1.99. The molecule has 1 rings (SSSR count). The third-order valence-corrected chi connectivity index (χ3v) is 2.62. The van der Waals surface area contributed by atoms with Gasteiger partial charge in [0.25, 0.3) is 0 Å². The topological polar surface area (TPSA) is 12.5 Å². The summed E-state index contributed by atoms with van der Waals surface area (Å²) in [6.45, 7) is 8.12. The van der Waals surface area contributed by atoms with Crippen LogP contribution in [0.25, 0.3) is 0 Å². The minimum atomic E-state index is 0.340. The Morgan fingerprint density at radius 2 is 2.18 bits per heavy atom. The van der Waals surface area contributed by atoms with Gasteiger partial charge in [-0.3, -0.25) is 4.84 Å². The van der Waals surface area contributed by atoms with E-state index in [0.29, 0.717) is 18.1 Å². The molecule has 0 aromatic carbocycles. The van der Waals surface area contributed by atoms with Crippen LogP contribution in [0.15, 0.2) is 12.7 Å². The summed E-state index contributed by atoms with van der Waals surface area (Å²) in [5.41, 5.74) is 0. The molecule has 2 heteroatoms. The number of rotatable bonds is 2. The summed E-state index contributed by atoms with van der Waals surface area (Å²) < 4.78 is 0. The van der Waals surface area contributed by atoms with Crippen LogP contribution < -0.4 is 0 Å². The van der Waals surface area contributed by atoms with Crippen molar-refractivity contribution in [1.29, 1.82) is 0 Å². The average Bonchev–Trinajstić information content (AvgIpc) is 2.19. The van der Waals surface area contributed by atoms with E-state index in [4.69, 9.17) is 4.84 Å². The Bertz CT molecular complexity index is 146. The van der Waals surface area contributed by atoms with Gasteiger partial charge in [0.2, 0.25) is 0 Å². The summed E-state index contributed by atoms with van der Waals surface area (Å²) in [5, 5.41) is 1.94. The molecular formula is C9H17NO. The lowest BCUT2D eigenvalue weighted by molar-refractivity contribution is -0.140. The van der Waals surface area contributed by atoms with Gasteiger partial charge < -0.3 is 0 Å². The molecule has 0 radical (unpaired) electrons. The molecule has 0 saturated carbocycles. The van der Waals surface area contributed by atoms with E-state index < -0.39 is 0 Å². The maximum absolute atomic E-state index is 5.59. The van der Waals surface area contributed by atoms with E-state index in [1.54, 1.807) is 0 Å². The van der Waals surface area contributed by atoms with Crippen molar-refractivity contribution < 1.29 is 4.84 Å². The zero-order chi connectivity index (χ0) is 8.43. The largest absolute Gasteiger partial charge is 0.295 e. The van der Waals surface area contributed by atoms with Crippen molar-refractivity contribution >= 4 is 0 Å². The van der Waals surface area contributed by atoms with Gasteiger partial charge in [-0.1, -0.05) is 13.0 Å². The van der Waals surface area contributed by atoms with Crippen LogP contribution in [0.3, 0.4) is 0 Å². The van der Waals surface area contributed by atoms with Gasteiger partial charge >= 0.3 is 0 Å².